The summed E-state index contributed by atoms with van der Waals surface area (Å²) in [4.78, 5) is 26.0. The van der Waals surface area contributed by atoms with E-state index in [4.69, 9.17) is 14.0 Å². The lowest BCUT2D eigenvalue weighted by Gasteiger charge is -2.21. The van der Waals surface area contributed by atoms with Gasteiger partial charge in [0.1, 0.15) is 4.90 Å². The maximum Gasteiger partial charge on any atom is 0.322 e. The molecule has 274 valence electrons. The number of nitrogens with one attached hydrogen (secondary N) is 3. The van der Waals surface area contributed by atoms with Gasteiger partial charge in [0.25, 0.3) is 20.2 Å². The molecular formula is C29H36N10O10S2. The van der Waals surface area contributed by atoms with Crippen molar-refractivity contribution >= 4 is 67.6 Å². The first-order valence-electron chi connectivity index (χ1n) is 14.9. The van der Waals surface area contributed by atoms with E-state index >= 15 is 0 Å². The van der Waals surface area contributed by atoms with Crippen molar-refractivity contribution in [3.8, 4) is 12.0 Å². The highest BCUT2D eigenvalue weighted by atomic mass is 32.2. The minimum absolute atomic E-state index is 0.0145. The highest BCUT2D eigenvalue weighted by molar-refractivity contribution is 7.86. The van der Waals surface area contributed by atoms with Gasteiger partial charge in [0.2, 0.25) is 23.8 Å². The lowest BCUT2D eigenvalue weighted by molar-refractivity contribution is 0.279. The van der Waals surface area contributed by atoms with Crippen LogP contribution in [0.15, 0.2) is 41.3 Å². The zero-order chi connectivity index (χ0) is 37.2. The van der Waals surface area contributed by atoms with Crippen molar-refractivity contribution in [3.63, 3.8) is 0 Å². The number of rotatable bonds is 18. The van der Waals surface area contributed by atoms with Gasteiger partial charge in [-0.3, -0.25) is 9.11 Å². The average Bonchev–Trinajstić information content (AvgIpc) is 3.07. The average molecular weight is 749 g/mol. The van der Waals surface area contributed by atoms with Crippen LogP contribution in [0.4, 0.5) is 35.2 Å². The van der Waals surface area contributed by atoms with E-state index in [9.17, 15) is 31.6 Å². The van der Waals surface area contributed by atoms with E-state index in [1.54, 1.807) is 30.3 Å². The van der Waals surface area contributed by atoms with Crippen LogP contribution in [-0.2, 0) is 20.2 Å². The first kappa shape index (κ1) is 38.5. The van der Waals surface area contributed by atoms with Gasteiger partial charge in [-0.2, -0.15) is 46.7 Å². The topological polar surface area (TPSA) is 284 Å². The SMILES string of the molecule is COc1nc(NCCS(=O)(=O)O)nc(Nc2ccc(/C=C/c3ccc(Nc4nc(OC)nc(N(CCO)CCO)n4)cc3S(=O)(=O)O)c(C)c2)n1. The fourth-order valence-corrected chi connectivity index (χ4v) is 5.48. The second-order valence-electron chi connectivity index (χ2n) is 10.4. The van der Waals surface area contributed by atoms with Gasteiger partial charge < -0.3 is 40.5 Å². The molecule has 0 aliphatic rings. The molecule has 4 aromatic rings. The molecule has 4 rings (SSSR count). The van der Waals surface area contributed by atoms with Crippen LogP contribution in [0.2, 0.25) is 0 Å². The third kappa shape index (κ3) is 11.4. The molecule has 2 aromatic carbocycles. The van der Waals surface area contributed by atoms with Crippen LogP contribution in [0, 0.1) is 6.92 Å². The fourth-order valence-electron chi connectivity index (χ4n) is 4.41. The number of hydrogen-bond acceptors (Lipinski definition) is 18. The predicted molar refractivity (Wildman–Crippen MR) is 187 cm³/mol. The fraction of sp³-hybridized carbons (Fsp3) is 0.310. The van der Waals surface area contributed by atoms with E-state index in [1.807, 2.05) is 6.92 Å². The lowest BCUT2D eigenvalue weighted by Crippen LogP contribution is -2.31. The number of benzene rings is 2. The Balaban J connectivity index is 1.55. The van der Waals surface area contributed by atoms with Crippen molar-refractivity contribution in [2.24, 2.45) is 0 Å². The maximum atomic E-state index is 12.4. The van der Waals surface area contributed by atoms with E-state index in [2.05, 4.69) is 45.9 Å². The molecule has 22 heteroatoms. The van der Waals surface area contributed by atoms with Crippen molar-refractivity contribution in [1.29, 1.82) is 0 Å². The van der Waals surface area contributed by atoms with Gasteiger partial charge in [-0.15, -0.1) is 0 Å². The summed E-state index contributed by atoms with van der Waals surface area (Å²) in [7, 11) is -6.19. The quantitative estimate of drug-likeness (QED) is 0.0559. The van der Waals surface area contributed by atoms with Gasteiger partial charge in [0.15, 0.2) is 0 Å². The number of aryl methyl sites for hydroxylation is 1. The van der Waals surface area contributed by atoms with Crippen LogP contribution in [0.25, 0.3) is 12.2 Å². The third-order valence-corrected chi connectivity index (χ3v) is 8.39. The van der Waals surface area contributed by atoms with Crippen LogP contribution < -0.4 is 30.3 Å². The summed E-state index contributed by atoms with van der Waals surface area (Å²) in [5.74, 6) is -0.375. The van der Waals surface area contributed by atoms with Crippen molar-refractivity contribution in [2.45, 2.75) is 11.8 Å². The second-order valence-corrected chi connectivity index (χ2v) is 13.4. The van der Waals surface area contributed by atoms with Gasteiger partial charge in [-0.25, -0.2) is 0 Å². The molecule has 0 amide bonds. The number of anilines is 6. The molecule has 0 atom stereocenters. The van der Waals surface area contributed by atoms with E-state index < -0.39 is 30.9 Å². The first-order valence-corrected chi connectivity index (χ1v) is 18.0. The van der Waals surface area contributed by atoms with Crippen LogP contribution in [-0.4, -0.2) is 119 Å². The predicted octanol–water partition coefficient (Wildman–Crippen LogP) is 1.38. The van der Waals surface area contributed by atoms with Crippen LogP contribution in [0.1, 0.15) is 16.7 Å². The highest BCUT2D eigenvalue weighted by Crippen LogP contribution is 2.27. The standard InChI is InChI=1S/C29H36N10O10S2/c1-18-16-21(31-25-33-24(35-28(36-25)48-2)30-10-15-50(42,43)44)8-6-19(18)4-5-20-7-9-22(17-23(20)51(45,46)47)32-26-34-27(38-29(37-26)49-3)39(11-13-40)12-14-41/h4-9,16-17,40-41H,10-15H2,1-3H3,(H,42,43,44)(H,45,46,47)(H,32,34,37,38)(H2,30,31,33,35,36)/b5-4+. The molecule has 0 radical (unpaired) electrons. The number of hydrogen-bond donors (Lipinski definition) is 7. The largest absolute Gasteiger partial charge is 0.467 e. The summed E-state index contributed by atoms with van der Waals surface area (Å²) in [6.45, 7) is 1.44. The van der Waals surface area contributed by atoms with Crippen LogP contribution in [0.3, 0.4) is 0 Å². The Morgan fingerprint density at radius 1 is 0.745 bits per heavy atom. The molecule has 7 N–H and O–H groups in total. The summed E-state index contributed by atoms with van der Waals surface area (Å²) >= 11 is 0. The molecule has 0 saturated carbocycles. The van der Waals surface area contributed by atoms with Crippen molar-refractivity contribution < 1.29 is 45.6 Å². The van der Waals surface area contributed by atoms with Crippen molar-refractivity contribution in [2.75, 3.05) is 73.7 Å². The summed E-state index contributed by atoms with van der Waals surface area (Å²) in [6, 6.07) is 9.36. The first-order chi connectivity index (χ1) is 24.2. The summed E-state index contributed by atoms with van der Waals surface area (Å²) in [5, 5.41) is 27.3. The number of aromatic nitrogens is 6. The number of methoxy groups -OCH3 is 2. The van der Waals surface area contributed by atoms with Gasteiger partial charge in [-0.05, 0) is 47.9 Å². The molecule has 0 bridgehead atoms. The zero-order valence-corrected chi connectivity index (χ0v) is 29.2. The lowest BCUT2D eigenvalue weighted by atomic mass is 10.1. The molecule has 51 heavy (non-hydrogen) atoms. The van der Waals surface area contributed by atoms with E-state index in [0.29, 0.717) is 11.3 Å². The Hall–Kier alpha value is -5.26. The molecule has 0 unspecified atom stereocenters. The number of aliphatic hydroxyl groups excluding tert-OH is 2. The Labute approximate surface area is 293 Å². The Morgan fingerprint density at radius 3 is 1.86 bits per heavy atom. The number of aliphatic hydroxyl groups is 2. The monoisotopic (exact) mass is 748 g/mol. The molecule has 0 saturated heterocycles. The van der Waals surface area contributed by atoms with Crippen LogP contribution >= 0.6 is 0 Å². The van der Waals surface area contributed by atoms with Gasteiger partial charge in [0, 0.05) is 31.0 Å². The Bertz CT molecular complexity index is 2080. The summed E-state index contributed by atoms with van der Waals surface area (Å²) in [5.41, 5.74) is 2.45. The van der Waals surface area contributed by atoms with Crippen molar-refractivity contribution in [3.05, 3.63) is 53.1 Å². The minimum atomic E-state index is -4.70. The second kappa shape index (κ2) is 17.1. The summed E-state index contributed by atoms with van der Waals surface area (Å²) in [6.07, 6.45) is 3.19. The number of nitrogens with zero attached hydrogens (tertiary/aromatic N) is 7. The maximum absolute atomic E-state index is 12.4. The molecule has 20 nitrogen and oxygen atoms in total. The minimum Gasteiger partial charge on any atom is -0.467 e. The normalized spacial score (nSPS) is 11.7. The highest BCUT2D eigenvalue weighted by Gasteiger charge is 2.18. The molecule has 0 aliphatic heterocycles. The van der Waals surface area contributed by atoms with E-state index in [-0.39, 0.29) is 79.9 Å². The van der Waals surface area contributed by atoms with Gasteiger partial charge in [0.05, 0.1) is 33.2 Å². The van der Waals surface area contributed by atoms with E-state index in [1.165, 1.54) is 37.3 Å². The molecule has 0 fully saturated rings. The summed E-state index contributed by atoms with van der Waals surface area (Å²) < 4.78 is 76.1. The van der Waals surface area contributed by atoms with Gasteiger partial charge >= 0.3 is 12.0 Å². The smallest absolute Gasteiger partial charge is 0.322 e. The molecule has 0 spiro atoms. The van der Waals surface area contributed by atoms with E-state index in [0.717, 1.165) is 5.56 Å². The molecular weight excluding hydrogens is 713 g/mol. The van der Waals surface area contributed by atoms with Crippen molar-refractivity contribution in [1.82, 2.24) is 29.9 Å². The molecule has 0 aliphatic carbocycles. The molecule has 2 aromatic heterocycles. The van der Waals surface area contributed by atoms with Gasteiger partial charge in [-0.1, -0.05) is 24.3 Å². The van der Waals surface area contributed by atoms with Crippen LogP contribution in [0.5, 0.6) is 12.0 Å². The zero-order valence-electron chi connectivity index (χ0n) is 27.5. The Kier molecular flexibility index (Phi) is 12.9. The third-order valence-electron chi connectivity index (χ3n) is 6.76. The Morgan fingerprint density at radius 2 is 1.29 bits per heavy atom. The molecule has 2 heterocycles. The number of ether oxygens (including phenoxy) is 2.